The average molecular weight is 413 g/mol. The Morgan fingerprint density at radius 2 is 1.50 bits per heavy atom. The van der Waals surface area contributed by atoms with Crippen molar-refractivity contribution in [3.63, 3.8) is 0 Å². The van der Waals surface area contributed by atoms with Crippen LogP contribution in [0.15, 0.2) is 42.5 Å². The van der Waals surface area contributed by atoms with Crippen LogP contribution in [0.4, 0.5) is 10.5 Å². The zero-order chi connectivity index (χ0) is 22.3. The lowest BCUT2D eigenvalue weighted by atomic mass is 10.1. The number of benzene rings is 2. The van der Waals surface area contributed by atoms with Crippen LogP contribution in [0.25, 0.3) is 0 Å². The van der Waals surface area contributed by atoms with Gasteiger partial charge in [0.15, 0.2) is 6.61 Å². The molecule has 0 aliphatic heterocycles. The van der Waals surface area contributed by atoms with Gasteiger partial charge in [0.2, 0.25) is 0 Å². The van der Waals surface area contributed by atoms with E-state index in [0.717, 1.165) is 11.1 Å². The predicted octanol–water partition coefficient (Wildman–Crippen LogP) is 3.49. The zero-order valence-corrected chi connectivity index (χ0v) is 17.8. The summed E-state index contributed by atoms with van der Waals surface area (Å²) in [6.45, 7) is 8.85. The molecule has 2 rings (SSSR count). The van der Waals surface area contributed by atoms with Gasteiger partial charge in [0.05, 0.1) is 0 Å². The average Bonchev–Trinajstić information content (AvgIpc) is 2.64. The van der Waals surface area contributed by atoms with Crippen LogP contribution in [-0.4, -0.2) is 30.1 Å². The molecular weight excluding hydrogens is 386 g/mol. The highest BCUT2D eigenvalue weighted by Crippen LogP contribution is 2.22. The molecule has 0 aliphatic rings. The van der Waals surface area contributed by atoms with Gasteiger partial charge in [-0.2, -0.15) is 0 Å². The second-order valence-corrected chi connectivity index (χ2v) is 7.72. The standard InChI is InChI=1S/C22H27N3O5/c1-14-7-6-8-15(2)19(14)29-13-18(26)24-25-20(27)16-9-11-17(12-10-16)23-21(28)30-22(3,4)5/h6-12H,13H2,1-5H3,(H,23,28)(H,24,26)(H,25,27). The first-order valence-electron chi connectivity index (χ1n) is 9.43. The SMILES string of the molecule is Cc1cccc(C)c1OCC(=O)NNC(=O)c1ccc(NC(=O)OC(C)(C)C)cc1. The predicted molar refractivity (Wildman–Crippen MR) is 113 cm³/mol. The molecule has 0 saturated heterocycles. The maximum absolute atomic E-state index is 12.2. The van der Waals surface area contributed by atoms with Crippen molar-refractivity contribution in [1.29, 1.82) is 0 Å². The highest BCUT2D eigenvalue weighted by molar-refractivity contribution is 5.96. The van der Waals surface area contributed by atoms with Crippen LogP contribution in [0.1, 0.15) is 42.3 Å². The van der Waals surface area contributed by atoms with E-state index in [1.807, 2.05) is 32.0 Å². The summed E-state index contributed by atoms with van der Waals surface area (Å²) in [4.78, 5) is 35.9. The normalized spacial score (nSPS) is 10.7. The first kappa shape index (κ1) is 22.7. The van der Waals surface area contributed by atoms with Crippen molar-refractivity contribution in [3.05, 3.63) is 59.2 Å². The summed E-state index contributed by atoms with van der Waals surface area (Å²) in [5.41, 5.74) is 6.66. The Kier molecular flexibility index (Phi) is 7.41. The fraction of sp³-hybridized carbons (Fsp3) is 0.318. The van der Waals surface area contributed by atoms with E-state index < -0.39 is 23.5 Å². The van der Waals surface area contributed by atoms with E-state index in [-0.39, 0.29) is 6.61 Å². The molecule has 0 unspecified atom stereocenters. The summed E-state index contributed by atoms with van der Waals surface area (Å²) < 4.78 is 10.7. The van der Waals surface area contributed by atoms with Crippen LogP contribution < -0.4 is 20.9 Å². The summed E-state index contributed by atoms with van der Waals surface area (Å²) >= 11 is 0. The van der Waals surface area contributed by atoms with E-state index in [1.54, 1.807) is 32.9 Å². The van der Waals surface area contributed by atoms with Gasteiger partial charge in [-0.05, 0) is 70.0 Å². The number of carbonyl (C=O) groups excluding carboxylic acids is 3. The Morgan fingerprint density at radius 1 is 0.900 bits per heavy atom. The molecule has 0 aliphatic carbocycles. The summed E-state index contributed by atoms with van der Waals surface area (Å²) in [7, 11) is 0. The molecule has 2 aromatic rings. The highest BCUT2D eigenvalue weighted by Gasteiger charge is 2.16. The number of rotatable bonds is 5. The van der Waals surface area contributed by atoms with Gasteiger partial charge < -0.3 is 9.47 Å². The first-order chi connectivity index (χ1) is 14.0. The number of carbonyl (C=O) groups is 3. The Labute approximate surface area is 175 Å². The lowest BCUT2D eigenvalue weighted by molar-refractivity contribution is -0.123. The smallest absolute Gasteiger partial charge is 0.412 e. The monoisotopic (exact) mass is 413 g/mol. The third kappa shape index (κ3) is 7.12. The lowest BCUT2D eigenvalue weighted by Gasteiger charge is -2.19. The minimum atomic E-state index is -0.607. The third-order valence-electron chi connectivity index (χ3n) is 3.86. The third-order valence-corrected chi connectivity index (χ3v) is 3.86. The van der Waals surface area contributed by atoms with Gasteiger partial charge in [-0.25, -0.2) is 4.79 Å². The molecular formula is C22H27N3O5. The van der Waals surface area contributed by atoms with Gasteiger partial charge in [-0.3, -0.25) is 25.8 Å². The molecule has 0 bridgehead atoms. The number of para-hydroxylation sites is 1. The first-order valence-corrected chi connectivity index (χ1v) is 9.43. The van der Waals surface area contributed by atoms with Crippen LogP contribution in [0, 0.1) is 13.8 Å². The Bertz CT molecular complexity index is 897. The largest absolute Gasteiger partial charge is 0.483 e. The van der Waals surface area contributed by atoms with Crippen molar-refractivity contribution < 1.29 is 23.9 Å². The van der Waals surface area contributed by atoms with Crippen molar-refractivity contribution in [2.24, 2.45) is 0 Å². The molecule has 0 saturated carbocycles. The van der Waals surface area contributed by atoms with Crippen molar-refractivity contribution in [2.45, 2.75) is 40.2 Å². The number of nitrogens with one attached hydrogen (secondary N) is 3. The molecule has 160 valence electrons. The van der Waals surface area contributed by atoms with E-state index >= 15 is 0 Å². The Hall–Kier alpha value is -3.55. The van der Waals surface area contributed by atoms with Gasteiger partial charge >= 0.3 is 6.09 Å². The number of amides is 3. The topological polar surface area (TPSA) is 106 Å². The molecule has 0 aromatic heterocycles. The van der Waals surface area contributed by atoms with Crippen LogP contribution >= 0.6 is 0 Å². The molecule has 2 aromatic carbocycles. The Morgan fingerprint density at radius 3 is 2.07 bits per heavy atom. The molecule has 3 amide bonds. The number of hydrogen-bond donors (Lipinski definition) is 3. The molecule has 0 atom stereocenters. The van der Waals surface area contributed by atoms with Crippen molar-refractivity contribution in [3.8, 4) is 5.75 Å². The van der Waals surface area contributed by atoms with Crippen LogP contribution in [0.3, 0.4) is 0 Å². The minimum Gasteiger partial charge on any atom is -0.483 e. The number of aryl methyl sites for hydroxylation is 2. The summed E-state index contributed by atoms with van der Waals surface area (Å²) in [5.74, 6) is -0.347. The van der Waals surface area contributed by atoms with Gasteiger partial charge in [-0.1, -0.05) is 18.2 Å². The fourth-order valence-corrected chi connectivity index (χ4v) is 2.53. The van der Waals surface area contributed by atoms with E-state index in [2.05, 4.69) is 16.2 Å². The Balaban J connectivity index is 1.81. The van der Waals surface area contributed by atoms with Crippen molar-refractivity contribution >= 4 is 23.6 Å². The molecule has 0 radical (unpaired) electrons. The number of hydrogen-bond acceptors (Lipinski definition) is 5. The molecule has 0 fully saturated rings. The zero-order valence-electron chi connectivity index (χ0n) is 17.8. The number of hydrazine groups is 1. The van der Waals surface area contributed by atoms with Crippen LogP contribution in [-0.2, 0) is 9.53 Å². The number of anilines is 1. The summed E-state index contributed by atoms with van der Waals surface area (Å²) in [6.07, 6.45) is -0.587. The van der Waals surface area contributed by atoms with E-state index in [1.165, 1.54) is 12.1 Å². The summed E-state index contributed by atoms with van der Waals surface area (Å²) in [6, 6.07) is 11.8. The second-order valence-electron chi connectivity index (χ2n) is 7.72. The summed E-state index contributed by atoms with van der Waals surface area (Å²) in [5, 5.41) is 2.58. The van der Waals surface area contributed by atoms with Gasteiger partial charge in [-0.15, -0.1) is 0 Å². The second kappa shape index (κ2) is 9.78. The minimum absolute atomic E-state index is 0.231. The molecule has 3 N–H and O–H groups in total. The molecule has 30 heavy (non-hydrogen) atoms. The quantitative estimate of drug-likeness (QED) is 0.651. The van der Waals surface area contributed by atoms with E-state index in [4.69, 9.17) is 9.47 Å². The van der Waals surface area contributed by atoms with Crippen molar-refractivity contribution in [2.75, 3.05) is 11.9 Å². The van der Waals surface area contributed by atoms with E-state index in [9.17, 15) is 14.4 Å². The van der Waals surface area contributed by atoms with Crippen LogP contribution in [0.5, 0.6) is 5.75 Å². The van der Waals surface area contributed by atoms with Crippen LogP contribution in [0.2, 0.25) is 0 Å². The molecule has 0 heterocycles. The number of ether oxygens (including phenoxy) is 2. The molecule has 0 spiro atoms. The fourth-order valence-electron chi connectivity index (χ4n) is 2.53. The maximum atomic E-state index is 12.2. The van der Waals surface area contributed by atoms with Gasteiger partial charge in [0.1, 0.15) is 11.4 Å². The maximum Gasteiger partial charge on any atom is 0.412 e. The molecule has 8 heteroatoms. The van der Waals surface area contributed by atoms with Gasteiger partial charge in [0.25, 0.3) is 11.8 Å². The van der Waals surface area contributed by atoms with Gasteiger partial charge in [0, 0.05) is 11.3 Å². The lowest BCUT2D eigenvalue weighted by Crippen LogP contribution is -2.43. The van der Waals surface area contributed by atoms with E-state index in [0.29, 0.717) is 17.0 Å². The highest BCUT2D eigenvalue weighted by atomic mass is 16.6. The molecule has 8 nitrogen and oxygen atoms in total. The van der Waals surface area contributed by atoms with Crippen molar-refractivity contribution in [1.82, 2.24) is 10.9 Å².